The second-order valence-corrected chi connectivity index (χ2v) is 8.66. The number of rotatable bonds is 5. The number of carbonyl (C=O) groups excluding carboxylic acids is 1. The van der Waals surface area contributed by atoms with E-state index in [2.05, 4.69) is 16.4 Å². The number of ether oxygens (including phenoxy) is 1. The molecule has 0 amide bonds. The summed E-state index contributed by atoms with van der Waals surface area (Å²) in [7, 11) is -2.52. The number of benzene rings is 2. The van der Waals surface area contributed by atoms with Gasteiger partial charge in [0.2, 0.25) is 10.0 Å². The highest BCUT2D eigenvalue weighted by atomic mass is 32.2. The van der Waals surface area contributed by atoms with Gasteiger partial charge < -0.3 is 9.15 Å². The number of furan rings is 1. The summed E-state index contributed by atoms with van der Waals surface area (Å²) in [5.41, 5.74) is 1.20. The van der Waals surface area contributed by atoms with Crippen molar-refractivity contribution >= 4 is 28.6 Å². The largest absolute Gasteiger partial charge is 0.465 e. The summed E-state index contributed by atoms with van der Waals surface area (Å²) in [6, 6.07) is 15.7. The molecule has 9 nitrogen and oxygen atoms in total. The molecule has 0 unspecified atom stereocenters. The molecule has 0 aliphatic rings. The molecule has 0 fully saturated rings. The number of methoxy groups -OCH3 is 1. The van der Waals surface area contributed by atoms with Crippen LogP contribution in [0.25, 0.3) is 29.7 Å². The molecule has 2 aromatic carbocycles. The number of esters is 1. The maximum absolute atomic E-state index is 12.9. The van der Waals surface area contributed by atoms with Gasteiger partial charge >= 0.3 is 5.97 Å². The van der Waals surface area contributed by atoms with Crippen LogP contribution in [0.2, 0.25) is 0 Å². The molecule has 33 heavy (non-hydrogen) atoms. The quantitative estimate of drug-likeness (QED) is 0.424. The third kappa shape index (κ3) is 4.43. The zero-order chi connectivity index (χ0) is 23.8. The molecule has 0 aliphatic heterocycles. The maximum atomic E-state index is 12.9. The third-order valence-corrected chi connectivity index (χ3v) is 5.86. The lowest BCUT2D eigenvalue weighted by atomic mass is 10.1. The molecular weight excluding hydrogens is 446 g/mol. The number of aromatic amines is 1. The van der Waals surface area contributed by atoms with Crippen molar-refractivity contribution in [1.82, 2.24) is 9.78 Å². The molecule has 4 rings (SSSR count). The van der Waals surface area contributed by atoms with Crippen LogP contribution >= 0.6 is 0 Å². The normalized spacial score (nSPS) is 12.1. The number of carbonyl (C=O) groups is 1. The van der Waals surface area contributed by atoms with Crippen LogP contribution in [0.15, 0.2) is 74.8 Å². The van der Waals surface area contributed by atoms with E-state index < -0.39 is 16.0 Å². The summed E-state index contributed by atoms with van der Waals surface area (Å²) in [4.78, 5) is 24.4. The Bertz CT molecular complexity index is 1610. The van der Waals surface area contributed by atoms with Crippen molar-refractivity contribution in [1.29, 1.82) is 0 Å². The highest BCUT2D eigenvalue weighted by Crippen LogP contribution is 2.23. The molecule has 0 spiro atoms. The standard InChI is InChI=1S/C23H19N3O6S/c1-14-20(22(27)26(25-14)17-7-10-19(11-8-17)33(24,29)30)13-18-9-12-21(32-18)15-3-5-16(6-4-15)23(28)31-2/h3-13,25H,1H2,2H3,(H2,24,29,30)/b20-13+. The molecule has 0 saturated heterocycles. The lowest BCUT2D eigenvalue weighted by molar-refractivity contribution is 0.0600. The van der Waals surface area contributed by atoms with Crippen molar-refractivity contribution in [3.8, 4) is 17.0 Å². The first-order valence-electron chi connectivity index (χ1n) is 9.61. The molecule has 168 valence electrons. The second kappa shape index (κ2) is 8.41. The average molecular weight is 465 g/mol. The van der Waals surface area contributed by atoms with Crippen molar-refractivity contribution in [2.45, 2.75) is 4.90 Å². The van der Waals surface area contributed by atoms with E-state index in [1.54, 1.807) is 42.5 Å². The number of H-pyrrole nitrogens is 1. The number of primary sulfonamides is 1. The highest BCUT2D eigenvalue weighted by Gasteiger charge is 2.11. The molecule has 0 radical (unpaired) electrons. The molecule has 2 aromatic heterocycles. The van der Waals surface area contributed by atoms with Gasteiger partial charge in [-0.2, -0.15) is 0 Å². The zero-order valence-corrected chi connectivity index (χ0v) is 18.3. The fourth-order valence-corrected chi connectivity index (χ4v) is 3.74. The molecule has 0 saturated carbocycles. The van der Waals surface area contributed by atoms with Crippen molar-refractivity contribution in [2.24, 2.45) is 5.14 Å². The van der Waals surface area contributed by atoms with E-state index in [0.29, 0.717) is 28.1 Å². The van der Waals surface area contributed by atoms with Gasteiger partial charge in [-0.05, 0) is 54.6 Å². The number of nitrogens with zero attached hydrogens (tertiary/aromatic N) is 1. The van der Waals surface area contributed by atoms with Crippen LogP contribution in [0, 0.1) is 0 Å². The van der Waals surface area contributed by atoms with Crippen molar-refractivity contribution in [2.75, 3.05) is 7.11 Å². The SMILES string of the molecule is C=c1[nH]n(-c2ccc(S(N)(=O)=O)cc2)c(=O)/c1=C/c1ccc(-c2ccc(C(=O)OC)cc2)o1. The maximum Gasteiger partial charge on any atom is 0.337 e. The van der Waals surface area contributed by atoms with E-state index in [0.717, 1.165) is 5.56 Å². The topological polar surface area (TPSA) is 137 Å². The van der Waals surface area contributed by atoms with E-state index in [1.165, 1.54) is 36.1 Å². The van der Waals surface area contributed by atoms with Crippen molar-refractivity contribution in [3.05, 3.63) is 92.9 Å². The molecular formula is C23H19N3O6S. The van der Waals surface area contributed by atoms with Gasteiger partial charge in [0, 0.05) is 5.56 Å². The number of sulfonamides is 1. The first-order valence-corrected chi connectivity index (χ1v) is 11.2. The summed E-state index contributed by atoms with van der Waals surface area (Å²) < 4.78 is 34.6. The van der Waals surface area contributed by atoms with Crippen LogP contribution in [-0.4, -0.2) is 31.3 Å². The van der Waals surface area contributed by atoms with Crippen molar-refractivity contribution in [3.63, 3.8) is 0 Å². The number of nitrogens with two attached hydrogens (primary N) is 1. The van der Waals surface area contributed by atoms with Crippen LogP contribution in [-0.2, 0) is 14.8 Å². The van der Waals surface area contributed by atoms with Crippen LogP contribution in [0.5, 0.6) is 0 Å². The van der Waals surface area contributed by atoms with E-state index in [4.69, 9.17) is 9.56 Å². The minimum atomic E-state index is -3.84. The summed E-state index contributed by atoms with van der Waals surface area (Å²) in [5.74, 6) is 0.554. The highest BCUT2D eigenvalue weighted by molar-refractivity contribution is 7.89. The van der Waals surface area contributed by atoms with Crippen LogP contribution in [0.1, 0.15) is 16.1 Å². The van der Waals surface area contributed by atoms with E-state index in [1.807, 2.05) is 0 Å². The Morgan fingerprint density at radius 1 is 1.09 bits per heavy atom. The van der Waals surface area contributed by atoms with Gasteiger partial charge in [-0.3, -0.25) is 9.89 Å². The number of hydrogen-bond acceptors (Lipinski definition) is 6. The van der Waals surface area contributed by atoms with Gasteiger partial charge in [0.25, 0.3) is 5.56 Å². The molecule has 2 heterocycles. The summed E-state index contributed by atoms with van der Waals surface area (Å²) in [5, 5.41) is 8.62. The summed E-state index contributed by atoms with van der Waals surface area (Å²) in [6.45, 7) is 3.87. The molecule has 10 heteroatoms. The Labute approximate surface area is 188 Å². The van der Waals surface area contributed by atoms with Crippen molar-refractivity contribution < 1.29 is 22.4 Å². The monoisotopic (exact) mass is 465 g/mol. The zero-order valence-electron chi connectivity index (χ0n) is 17.4. The van der Waals surface area contributed by atoms with Gasteiger partial charge in [-0.25, -0.2) is 23.0 Å². The predicted molar refractivity (Wildman–Crippen MR) is 122 cm³/mol. The Kier molecular flexibility index (Phi) is 5.62. The van der Waals surface area contributed by atoms with Gasteiger partial charge in [-0.1, -0.05) is 18.7 Å². The summed E-state index contributed by atoms with van der Waals surface area (Å²) >= 11 is 0. The first-order chi connectivity index (χ1) is 15.7. The fraction of sp³-hybridized carbons (Fsp3) is 0.0435. The summed E-state index contributed by atoms with van der Waals surface area (Å²) in [6.07, 6.45) is 1.56. The minimum absolute atomic E-state index is 0.0600. The molecule has 0 aliphatic carbocycles. The lowest BCUT2D eigenvalue weighted by Crippen LogP contribution is -2.33. The second-order valence-electron chi connectivity index (χ2n) is 7.10. The lowest BCUT2D eigenvalue weighted by Gasteiger charge is -2.02. The average Bonchev–Trinajstić information content (AvgIpc) is 3.38. The predicted octanol–water partition coefficient (Wildman–Crippen LogP) is 1.10. The van der Waals surface area contributed by atoms with Crippen LogP contribution in [0.4, 0.5) is 0 Å². The molecule has 3 N–H and O–H groups in total. The Morgan fingerprint density at radius 2 is 1.76 bits per heavy atom. The number of aromatic nitrogens is 2. The third-order valence-electron chi connectivity index (χ3n) is 4.93. The number of hydrogen-bond donors (Lipinski definition) is 2. The molecule has 0 bridgehead atoms. The number of nitrogens with one attached hydrogen (secondary N) is 1. The van der Waals surface area contributed by atoms with Gasteiger partial charge in [0.15, 0.2) is 0 Å². The van der Waals surface area contributed by atoms with E-state index in [-0.39, 0.29) is 15.7 Å². The van der Waals surface area contributed by atoms with Crippen LogP contribution < -0.4 is 21.3 Å². The fourth-order valence-electron chi connectivity index (χ4n) is 3.23. The molecule has 4 aromatic rings. The van der Waals surface area contributed by atoms with E-state index in [9.17, 15) is 18.0 Å². The molecule has 0 atom stereocenters. The van der Waals surface area contributed by atoms with Gasteiger partial charge in [0.1, 0.15) is 11.5 Å². The van der Waals surface area contributed by atoms with Gasteiger partial charge in [-0.15, -0.1) is 0 Å². The smallest absolute Gasteiger partial charge is 0.337 e. The Morgan fingerprint density at radius 3 is 2.36 bits per heavy atom. The Hall–Kier alpha value is -4.15. The van der Waals surface area contributed by atoms with E-state index >= 15 is 0 Å². The Balaban J connectivity index is 1.67. The van der Waals surface area contributed by atoms with Gasteiger partial charge in [0.05, 0.1) is 33.8 Å². The minimum Gasteiger partial charge on any atom is -0.465 e. The van der Waals surface area contributed by atoms with Crippen LogP contribution in [0.3, 0.4) is 0 Å². The first kappa shape index (κ1) is 22.1.